The first-order valence-electron chi connectivity index (χ1n) is 10.1. The molecule has 1 aliphatic rings. The molecule has 6 nitrogen and oxygen atoms in total. The summed E-state index contributed by atoms with van der Waals surface area (Å²) in [4.78, 5) is 14.6. The van der Waals surface area contributed by atoms with Crippen molar-refractivity contribution in [1.82, 2.24) is 19.8 Å². The molecule has 1 fully saturated rings. The van der Waals surface area contributed by atoms with Crippen molar-refractivity contribution in [2.75, 3.05) is 7.05 Å². The largest absolute Gasteiger partial charge is 0.360 e. The van der Waals surface area contributed by atoms with Gasteiger partial charge in [0.1, 0.15) is 5.76 Å². The molecule has 0 radical (unpaired) electrons. The summed E-state index contributed by atoms with van der Waals surface area (Å²) in [6.45, 7) is 0.418. The first-order chi connectivity index (χ1) is 14.7. The van der Waals surface area contributed by atoms with Gasteiger partial charge in [-0.05, 0) is 25.0 Å². The number of carbonyl (C=O) groups is 1. The molecule has 0 atom stereocenters. The molecule has 1 amide bonds. The summed E-state index contributed by atoms with van der Waals surface area (Å²) < 4.78 is 7.21. The smallest absolute Gasteiger partial charge is 0.276 e. The first kappa shape index (κ1) is 18.4. The highest BCUT2D eigenvalue weighted by atomic mass is 16.5. The Morgan fingerprint density at radius 2 is 1.80 bits per heavy atom. The van der Waals surface area contributed by atoms with E-state index in [0.29, 0.717) is 18.2 Å². The summed E-state index contributed by atoms with van der Waals surface area (Å²) in [5.74, 6) is 1.09. The fourth-order valence-corrected chi connectivity index (χ4v) is 3.55. The van der Waals surface area contributed by atoms with Crippen molar-refractivity contribution in [3.8, 4) is 16.9 Å². The molecule has 2 aromatic carbocycles. The third kappa shape index (κ3) is 3.64. The summed E-state index contributed by atoms with van der Waals surface area (Å²) in [5, 5.41) is 8.80. The van der Waals surface area contributed by atoms with Gasteiger partial charge >= 0.3 is 0 Å². The van der Waals surface area contributed by atoms with Crippen molar-refractivity contribution in [3.63, 3.8) is 0 Å². The highest BCUT2D eigenvalue weighted by Crippen LogP contribution is 2.40. The van der Waals surface area contributed by atoms with Crippen LogP contribution in [0.1, 0.15) is 40.6 Å². The Balaban J connectivity index is 1.44. The Morgan fingerprint density at radius 1 is 1.10 bits per heavy atom. The standard InChI is InChI=1S/C24H22N4O2/c1-27(24(29)21-14-22(30-26-21)17-12-13-17)15-19-16-28(20-10-6-3-7-11-20)25-23(19)18-8-4-2-5-9-18/h2-11,14,16-17H,12-13,15H2,1H3. The molecule has 1 aliphatic carbocycles. The number of amides is 1. The molecule has 0 unspecified atom stereocenters. The molecule has 0 spiro atoms. The molecule has 0 N–H and O–H groups in total. The quantitative estimate of drug-likeness (QED) is 0.473. The van der Waals surface area contributed by atoms with E-state index in [1.165, 1.54) is 0 Å². The highest BCUT2D eigenvalue weighted by molar-refractivity contribution is 5.92. The maximum Gasteiger partial charge on any atom is 0.276 e. The van der Waals surface area contributed by atoms with Crippen molar-refractivity contribution in [2.45, 2.75) is 25.3 Å². The number of hydrogen-bond acceptors (Lipinski definition) is 4. The minimum absolute atomic E-state index is 0.155. The van der Waals surface area contributed by atoms with E-state index in [2.05, 4.69) is 5.16 Å². The zero-order valence-electron chi connectivity index (χ0n) is 16.7. The second-order valence-electron chi connectivity index (χ2n) is 7.70. The monoisotopic (exact) mass is 398 g/mol. The van der Waals surface area contributed by atoms with Crippen LogP contribution in [0.5, 0.6) is 0 Å². The minimum atomic E-state index is -0.155. The van der Waals surface area contributed by atoms with Crippen LogP contribution in [-0.2, 0) is 6.54 Å². The SMILES string of the molecule is CN(Cc1cn(-c2ccccc2)nc1-c1ccccc1)C(=O)c1cc(C2CC2)on1. The number of para-hydroxylation sites is 1. The van der Waals surface area contributed by atoms with Gasteiger partial charge in [0.25, 0.3) is 5.91 Å². The summed E-state index contributed by atoms with van der Waals surface area (Å²) in [5.41, 5.74) is 4.17. The van der Waals surface area contributed by atoms with Crippen LogP contribution in [0, 0.1) is 0 Å². The number of benzene rings is 2. The van der Waals surface area contributed by atoms with E-state index in [1.807, 2.05) is 71.5 Å². The number of nitrogens with zero attached hydrogens (tertiary/aromatic N) is 4. The van der Waals surface area contributed by atoms with Crippen LogP contribution < -0.4 is 0 Å². The fourth-order valence-electron chi connectivity index (χ4n) is 3.55. The van der Waals surface area contributed by atoms with Gasteiger partial charge in [-0.15, -0.1) is 0 Å². The van der Waals surface area contributed by atoms with E-state index >= 15 is 0 Å². The maximum atomic E-state index is 12.9. The van der Waals surface area contributed by atoms with Crippen LogP contribution in [0.15, 0.2) is 77.4 Å². The first-order valence-corrected chi connectivity index (χ1v) is 10.1. The van der Waals surface area contributed by atoms with Crippen LogP contribution in [0.2, 0.25) is 0 Å². The van der Waals surface area contributed by atoms with Crippen molar-refractivity contribution in [3.05, 3.63) is 89.9 Å². The van der Waals surface area contributed by atoms with E-state index < -0.39 is 0 Å². The third-order valence-corrected chi connectivity index (χ3v) is 5.34. The van der Waals surface area contributed by atoms with Crippen LogP contribution in [-0.4, -0.2) is 32.8 Å². The van der Waals surface area contributed by atoms with E-state index in [9.17, 15) is 4.79 Å². The average molecular weight is 398 g/mol. The molecular formula is C24H22N4O2. The summed E-state index contributed by atoms with van der Waals surface area (Å²) >= 11 is 0. The van der Waals surface area contributed by atoms with Crippen molar-refractivity contribution >= 4 is 5.91 Å². The van der Waals surface area contributed by atoms with E-state index in [0.717, 1.165) is 41.1 Å². The molecule has 0 bridgehead atoms. The summed E-state index contributed by atoms with van der Waals surface area (Å²) in [7, 11) is 1.78. The molecule has 0 saturated heterocycles. The second-order valence-corrected chi connectivity index (χ2v) is 7.70. The van der Waals surface area contributed by atoms with Gasteiger partial charge in [-0.3, -0.25) is 4.79 Å². The zero-order valence-corrected chi connectivity index (χ0v) is 16.7. The molecule has 1 saturated carbocycles. The molecule has 30 heavy (non-hydrogen) atoms. The van der Waals surface area contributed by atoms with E-state index in [-0.39, 0.29) is 5.91 Å². The Morgan fingerprint density at radius 3 is 2.50 bits per heavy atom. The summed E-state index contributed by atoms with van der Waals surface area (Å²) in [6, 6.07) is 21.8. The lowest BCUT2D eigenvalue weighted by atomic mass is 10.1. The molecule has 5 rings (SSSR count). The lowest BCUT2D eigenvalue weighted by Gasteiger charge is -2.15. The van der Waals surface area contributed by atoms with E-state index in [1.54, 1.807) is 18.0 Å². The number of carbonyl (C=O) groups excluding carboxylic acids is 1. The molecule has 4 aromatic rings. The average Bonchev–Trinajstić information content (AvgIpc) is 3.37. The lowest BCUT2D eigenvalue weighted by molar-refractivity contribution is 0.0775. The Kier molecular flexibility index (Phi) is 4.67. The van der Waals surface area contributed by atoms with E-state index in [4.69, 9.17) is 9.62 Å². The predicted octanol–water partition coefficient (Wildman–Crippen LogP) is 4.68. The van der Waals surface area contributed by atoms with Gasteiger partial charge in [0.15, 0.2) is 5.69 Å². The Hall–Kier alpha value is -3.67. The van der Waals surface area contributed by atoms with Crippen LogP contribution in [0.3, 0.4) is 0 Å². The van der Waals surface area contributed by atoms with Gasteiger partial charge in [-0.25, -0.2) is 4.68 Å². The molecule has 2 heterocycles. The van der Waals surface area contributed by atoms with Gasteiger partial charge in [0.05, 0.1) is 11.4 Å². The van der Waals surface area contributed by atoms with Crippen molar-refractivity contribution < 1.29 is 9.32 Å². The molecular weight excluding hydrogens is 376 g/mol. The fraction of sp³-hybridized carbons (Fsp3) is 0.208. The Labute approximate surface area is 174 Å². The van der Waals surface area contributed by atoms with Gasteiger partial charge in [0.2, 0.25) is 0 Å². The van der Waals surface area contributed by atoms with Gasteiger partial charge in [-0.1, -0.05) is 53.7 Å². The van der Waals surface area contributed by atoms with Crippen molar-refractivity contribution in [1.29, 1.82) is 0 Å². The van der Waals surface area contributed by atoms with Gasteiger partial charge in [-0.2, -0.15) is 5.10 Å². The Bertz CT molecular complexity index is 1160. The molecule has 6 heteroatoms. The zero-order chi connectivity index (χ0) is 20.5. The lowest BCUT2D eigenvalue weighted by Crippen LogP contribution is -2.26. The van der Waals surface area contributed by atoms with Crippen molar-refractivity contribution in [2.24, 2.45) is 0 Å². The van der Waals surface area contributed by atoms with Gasteiger partial charge in [0, 0.05) is 42.9 Å². The normalized spacial score (nSPS) is 13.4. The van der Waals surface area contributed by atoms with Gasteiger partial charge < -0.3 is 9.42 Å². The van der Waals surface area contributed by atoms with Crippen LogP contribution in [0.25, 0.3) is 16.9 Å². The number of rotatable bonds is 6. The van der Waals surface area contributed by atoms with Crippen LogP contribution >= 0.6 is 0 Å². The maximum absolute atomic E-state index is 12.9. The number of aromatic nitrogens is 3. The molecule has 0 aliphatic heterocycles. The summed E-state index contributed by atoms with van der Waals surface area (Å²) in [6.07, 6.45) is 4.20. The third-order valence-electron chi connectivity index (χ3n) is 5.34. The predicted molar refractivity (Wildman–Crippen MR) is 113 cm³/mol. The van der Waals surface area contributed by atoms with Crippen LogP contribution in [0.4, 0.5) is 0 Å². The molecule has 150 valence electrons. The highest BCUT2D eigenvalue weighted by Gasteiger charge is 2.29. The number of hydrogen-bond donors (Lipinski definition) is 0. The molecule has 2 aromatic heterocycles. The minimum Gasteiger partial charge on any atom is -0.360 e. The second kappa shape index (κ2) is 7.63. The topological polar surface area (TPSA) is 64.2 Å².